The summed E-state index contributed by atoms with van der Waals surface area (Å²) in [6, 6.07) is 1.20. The van der Waals surface area contributed by atoms with Gasteiger partial charge in [-0.2, -0.15) is 4.31 Å². The Morgan fingerprint density at radius 2 is 2.30 bits per heavy atom. The highest BCUT2D eigenvalue weighted by molar-refractivity contribution is 9.11. The van der Waals surface area contributed by atoms with Crippen molar-refractivity contribution in [3.8, 4) is 0 Å². The van der Waals surface area contributed by atoms with Crippen LogP contribution in [0, 0.1) is 0 Å². The number of piperidine rings is 1. The van der Waals surface area contributed by atoms with E-state index in [2.05, 4.69) is 20.7 Å². The first-order valence-electron chi connectivity index (χ1n) is 5.99. The van der Waals surface area contributed by atoms with Crippen molar-refractivity contribution in [3.05, 3.63) is 14.7 Å². The van der Waals surface area contributed by atoms with Crippen LogP contribution in [0.15, 0.2) is 14.7 Å². The maximum atomic E-state index is 12.6. The molecule has 0 aromatic carbocycles. The van der Waals surface area contributed by atoms with Crippen molar-refractivity contribution >= 4 is 43.3 Å². The van der Waals surface area contributed by atoms with Gasteiger partial charge in [0.1, 0.15) is 9.77 Å². The number of nitrogens with zero attached hydrogens (tertiary/aromatic N) is 1. The summed E-state index contributed by atoms with van der Waals surface area (Å²) in [5.74, 6) is -0.549. The molecule has 0 aliphatic carbocycles. The molecule has 112 valence electrons. The number of thiophene rings is 1. The number of methoxy groups -OCH3 is 1. The Labute approximate surface area is 130 Å². The van der Waals surface area contributed by atoms with E-state index in [0.717, 1.165) is 24.2 Å². The third-order valence-corrected chi connectivity index (χ3v) is 7.18. The van der Waals surface area contributed by atoms with Crippen LogP contribution < -0.4 is 5.73 Å². The fourth-order valence-corrected chi connectivity index (χ4v) is 6.03. The Hall–Kier alpha value is -0.480. The molecular formula is C11H15BrN2O4S2. The van der Waals surface area contributed by atoms with E-state index < -0.39 is 16.0 Å². The first-order chi connectivity index (χ1) is 9.36. The second-order valence-electron chi connectivity index (χ2n) is 4.51. The predicted molar refractivity (Wildman–Crippen MR) is 79.3 cm³/mol. The molecule has 1 saturated heterocycles. The summed E-state index contributed by atoms with van der Waals surface area (Å²) in [6.07, 6.45) is 1.57. The minimum atomic E-state index is -3.64. The molecule has 1 fully saturated rings. The lowest BCUT2D eigenvalue weighted by molar-refractivity contribution is 0.0606. The van der Waals surface area contributed by atoms with Gasteiger partial charge < -0.3 is 10.5 Å². The standard InChI is InChI=1S/C11H15BrN2O4S2/c1-18-11(15)8-5-9(10(12)19-8)20(16,17)14-4-2-3-7(13)6-14/h5,7H,2-4,6,13H2,1H3/t7-/m1/s1. The van der Waals surface area contributed by atoms with Crippen molar-refractivity contribution in [3.63, 3.8) is 0 Å². The van der Waals surface area contributed by atoms with Crippen molar-refractivity contribution in [1.29, 1.82) is 0 Å². The lowest BCUT2D eigenvalue weighted by Crippen LogP contribution is -2.45. The first-order valence-corrected chi connectivity index (χ1v) is 9.04. The fraction of sp³-hybridized carbons (Fsp3) is 0.545. The molecule has 2 heterocycles. The normalized spacial score (nSPS) is 20.9. The molecule has 0 saturated carbocycles. The summed E-state index contributed by atoms with van der Waals surface area (Å²) >= 11 is 4.25. The van der Waals surface area contributed by atoms with Gasteiger partial charge in [-0.05, 0) is 34.8 Å². The van der Waals surface area contributed by atoms with Gasteiger partial charge in [-0.3, -0.25) is 0 Å². The van der Waals surface area contributed by atoms with Crippen LogP contribution in [0.25, 0.3) is 0 Å². The molecule has 0 unspecified atom stereocenters. The molecule has 9 heteroatoms. The zero-order chi connectivity index (χ0) is 14.9. The fourth-order valence-electron chi connectivity index (χ4n) is 2.06. The minimum Gasteiger partial charge on any atom is -0.465 e. The molecule has 1 aliphatic heterocycles. The van der Waals surface area contributed by atoms with E-state index in [4.69, 9.17) is 5.73 Å². The highest BCUT2D eigenvalue weighted by Crippen LogP contribution is 2.34. The second-order valence-corrected chi connectivity index (χ2v) is 8.78. The van der Waals surface area contributed by atoms with Gasteiger partial charge in [-0.15, -0.1) is 11.3 Å². The largest absolute Gasteiger partial charge is 0.465 e. The summed E-state index contributed by atoms with van der Waals surface area (Å²) in [4.78, 5) is 11.8. The first kappa shape index (κ1) is 15.9. The van der Waals surface area contributed by atoms with Crippen LogP contribution in [-0.4, -0.2) is 44.9 Å². The number of hydrogen-bond donors (Lipinski definition) is 1. The van der Waals surface area contributed by atoms with Crippen LogP contribution in [0.1, 0.15) is 22.5 Å². The highest BCUT2D eigenvalue weighted by Gasteiger charge is 2.32. The summed E-state index contributed by atoms with van der Waals surface area (Å²) in [5.41, 5.74) is 5.82. The third-order valence-electron chi connectivity index (χ3n) is 3.08. The van der Waals surface area contributed by atoms with Crippen molar-refractivity contribution < 1.29 is 17.9 Å². The van der Waals surface area contributed by atoms with Gasteiger partial charge in [-0.1, -0.05) is 0 Å². The van der Waals surface area contributed by atoms with Gasteiger partial charge in [0.25, 0.3) is 0 Å². The van der Waals surface area contributed by atoms with Crippen LogP contribution >= 0.6 is 27.3 Å². The molecule has 1 aliphatic rings. The molecule has 2 rings (SSSR count). The van der Waals surface area contributed by atoms with Gasteiger partial charge in [0.2, 0.25) is 10.0 Å². The van der Waals surface area contributed by atoms with Crippen molar-refractivity contribution in [2.24, 2.45) is 5.73 Å². The van der Waals surface area contributed by atoms with E-state index in [-0.39, 0.29) is 15.8 Å². The quantitative estimate of drug-likeness (QED) is 0.798. The highest BCUT2D eigenvalue weighted by atomic mass is 79.9. The van der Waals surface area contributed by atoms with Crippen LogP contribution in [0.5, 0.6) is 0 Å². The molecule has 1 aromatic heterocycles. The van der Waals surface area contributed by atoms with E-state index >= 15 is 0 Å². The van der Waals surface area contributed by atoms with Gasteiger partial charge in [0, 0.05) is 19.1 Å². The number of hydrogen-bond acceptors (Lipinski definition) is 6. The monoisotopic (exact) mass is 382 g/mol. The molecule has 1 atom stereocenters. The molecule has 0 amide bonds. The van der Waals surface area contributed by atoms with E-state index in [0.29, 0.717) is 16.9 Å². The predicted octanol–water partition coefficient (Wildman–Crippen LogP) is 1.41. The number of carbonyl (C=O) groups excluding carboxylic acids is 1. The number of carbonyl (C=O) groups is 1. The molecule has 1 aromatic rings. The second kappa shape index (κ2) is 6.10. The molecule has 0 bridgehead atoms. The molecular weight excluding hydrogens is 368 g/mol. The van der Waals surface area contributed by atoms with E-state index in [9.17, 15) is 13.2 Å². The van der Waals surface area contributed by atoms with Gasteiger partial charge in [-0.25, -0.2) is 13.2 Å². The van der Waals surface area contributed by atoms with Crippen molar-refractivity contribution in [2.45, 2.75) is 23.8 Å². The lowest BCUT2D eigenvalue weighted by Gasteiger charge is -2.29. The van der Waals surface area contributed by atoms with E-state index in [1.165, 1.54) is 17.5 Å². The average molecular weight is 383 g/mol. The topological polar surface area (TPSA) is 89.7 Å². The van der Waals surface area contributed by atoms with Crippen molar-refractivity contribution in [1.82, 2.24) is 4.31 Å². The van der Waals surface area contributed by atoms with Gasteiger partial charge >= 0.3 is 5.97 Å². The Kier molecular flexibility index (Phi) is 4.85. The Bertz CT molecular complexity index is 614. The average Bonchev–Trinajstić information content (AvgIpc) is 2.80. The Balaban J connectivity index is 2.34. The molecule has 20 heavy (non-hydrogen) atoms. The zero-order valence-electron chi connectivity index (χ0n) is 10.8. The molecule has 0 radical (unpaired) electrons. The van der Waals surface area contributed by atoms with E-state index in [1.807, 2.05) is 0 Å². The van der Waals surface area contributed by atoms with Crippen LogP contribution in [-0.2, 0) is 14.8 Å². The van der Waals surface area contributed by atoms with E-state index in [1.54, 1.807) is 0 Å². The molecule has 0 spiro atoms. The molecule has 6 nitrogen and oxygen atoms in total. The SMILES string of the molecule is COC(=O)c1cc(S(=O)(=O)N2CCC[C@@H](N)C2)c(Br)s1. The maximum Gasteiger partial charge on any atom is 0.348 e. The number of sulfonamides is 1. The summed E-state index contributed by atoms with van der Waals surface area (Å²) in [6.45, 7) is 0.754. The number of ether oxygens (including phenoxy) is 1. The minimum absolute atomic E-state index is 0.0944. The number of halogens is 1. The summed E-state index contributed by atoms with van der Waals surface area (Å²) in [5, 5.41) is 0. The third kappa shape index (κ3) is 3.06. The molecule has 2 N–H and O–H groups in total. The Morgan fingerprint density at radius 1 is 1.60 bits per heavy atom. The lowest BCUT2D eigenvalue weighted by atomic mass is 10.1. The summed E-state index contributed by atoms with van der Waals surface area (Å²) < 4.78 is 31.5. The summed E-state index contributed by atoms with van der Waals surface area (Å²) in [7, 11) is -2.38. The maximum absolute atomic E-state index is 12.6. The zero-order valence-corrected chi connectivity index (χ0v) is 14.1. The number of esters is 1. The number of nitrogens with two attached hydrogens (primary N) is 1. The van der Waals surface area contributed by atoms with Crippen LogP contribution in [0.3, 0.4) is 0 Å². The van der Waals surface area contributed by atoms with Gasteiger partial charge in [0.05, 0.1) is 10.9 Å². The van der Waals surface area contributed by atoms with Crippen LogP contribution in [0.2, 0.25) is 0 Å². The smallest absolute Gasteiger partial charge is 0.348 e. The number of rotatable bonds is 3. The van der Waals surface area contributed by atoms with Crippen molar-refractivity contribution in [2.75, 3.05) is 20.2 Å². The van der Waals surface area contributed by atoms with Crippen LogP contribution in [0.4, 0.5) is 0 Å². The van der Waals surface area contributed by atoms with Gasteiger partial charge in [0.15, 0.2) is 0 Å². The Morgan fingerprint density at radius 3 is 2.90 bits per heavy atom.